The van der Waals surface area contributed by atoms with Gasteiger partial charge in [0.1, 0.15) is 0 Å². The Morgan fingerprint density at radius 1 is 1.00 bits per heavy atom. The number of hydrogen-bond acceptors (Lipinski definition) is 4. The molecule has 0 amide bonds. The molecule has 1 unspecified atom stereocenters. The predicted molar refractivity (Wildman–Crippen MR) is 110 cm³/mol. The highest BCUT2D eigenvalue weighted by Crippen LogP contribution is 2.34. The van der Waals surface area contributed by atoms with Crippen LogP contribution in [0.1, 0.15) is 29.9 Å². The zero-order chi connectivity index (χ0) is 17.3. The third-order valence-corrected chi connectivity index (χ3v) is 7.05. The molecule has 1 aromatic heterocycles. The van der Waals surface area contributed by atoms with Gasteiger partial charge in [-0.3, -0.25) is 0 Å². The van der Waals surface area contributed by atoms with E-state index in [0.717, 1.165) is 43.5 Å². The Morgan fingerprint density at radius 3 is 2.65 bits per heavy atom. The van der Waals surface area contributed by atoms with Crippen LogP contribution in [0.25, 0.3) is 10.2 Å². The van der Waals surface area contributed by atoms with E-state index < -0.39 is 0 Å². The Morgan fingerprint density at radius 2 is 1.81 bits per heavy atom. The molecule has 4 heteroatoms. The van der Waals surface area contributed by atoms with Gasteiger partial charge in [-0.2, -0.15) is 0 Å². The Labute approximate surface area is 159 Å². The summed E-state index contributed by atoms with van der Waals surface area (Å²) >= 11 is 1.83. The lowest BCUT2D eigenvalue weighted by molar-refractivity contribution is 0.374. The van der Waals surface area contributed by atoms with E-state index in [1.54, 1.807) is 11.1 Å². The van der Waals surface area contributed by atoms with E-state index in [2.05, 4.69) is 58.7 Å². The largest absolute Gasteiger partial charge is 0.348 e. The van der Waals surface area contributed by atoms with Crippen LogP contribution in [0.15, 0.2) is 48.5 Å². The van der Waals surface area contributed by atoms with Crippen LogP contribution in [0, 0.1) is 5.92 Å². The van der Waals surface area contributed by atoms with Crippen LogP contribution >= 0.6 is 11.3 Å². The number of para-hydroxylation sites is 1. The molecule has 0 saturated carbocycles. The van der Waals surface area contributed by atoms with Gasteiger partial charge in [-0.15, -0.1) is 0 Å². The van der Waals surface area contributed by atoms with Crippen molar-refractivity contribution >= 4 is 26.7 Å². The number of anilines is 1. The van der Waals surface area contributed by atoms with E-state index >= 15 is 0 Å². The van der Waals surface area contributed by atoms with Crippen molar-refractivity contribution in [1.29, 1.82) is 0 Å². The van der Waals surface area contributed by atoms with Crippen LogP contribution < -0.4 is 10.2 Å². The number of rotatable bonds is 5. The van der Waals surface area contributed by atoms with Gasteiger partial charge in [0.05, 0.1) is 10.2 Å². The quantitative estimate of drug-likeness (QED) is 0.726. The lowest BCUT2D eigenvalue weighted by Crippen LogP contribution is -2.38. The minimum absolute atomic E-state index is 0.731. The second-order valence-corrected chi connectivity index (χ2v) is 8.66. The predicted octanol–water partition coefficient (Wildman–Crippen LogP) is 4.44. The average Bonchev–Trinajstić information content (AvgIpc) is 3.10. The second kappa shape index (κ2) is 7.01. The van der Waals surface area contributed by atoms with Crippen LogP contribution in [0.4, 0.5) is 5.13 Å². The molecule has 1 saturated heterocycles. The maximum Gasteiger partial charge on any atom is 0.186 e. The maximum absolute atomic E-state index is 4.82. The Balaban J connectivity index is 1.10. The van der Waals surface area contributed by atoms with Crippen LogP contribution in [0.5, 0.6) is 0 Å². The van der Waals surface area contributed by atoms with Gasteiger partial charge in [0, 0.05) is 25.6 Å². The van der Waals surface area contributed by atoms with Crippen molar-refractivity contribution in [3.05, 3.63) is 59.7 Å². The highest BCUT2D eigenvalue weighted by molar-refractivity contribution is 7.22. The van der Waals surface area contributed by atoms with Crippen molar-refractivity contribution in [2.24, 2.45) is 5.92 Å². The van der Waals surface area contributed by atoms with Crippen molar-refractivity contribution < 1.29 is 0 Å². The van der Waals surface area contributed by atoms with Gasteiger partial charge < -0.3 is 10.2 Å². The average molecular weight is 364 g/mol. The summed E-state index contributed by atoms with van der Waals surface area (Å²) in [6.45, 7) is 4.57. The van der Waals surface area contributed by atoms with E-state index in [0.29, 0.717) is 0 Å². The lowest BCUT2D eigenvalue weighted by Gasteiger charge is -2.33. The smallest absolute Gasteiger partial charge is 0.186 e. The van der Waals surface area contributed by atoms with Crippen molar-refractivity contribution in [2.75, 3.05) is 31.1 Å². The summed E-state index contributed by atoms with van der Waals surface area (Å²) in [6, 6.07) is 17.3. The van der Waals surface area contributed by atoms with Gasteiger partial charge in [-0.1, -0.05) is 47.7 Å². The first-order valence-corrected chi connectivity index (χ1v) is 10.6. The number of hydrogen-bond donors (Lipinski definition) is 1. The van der Waals surface area contributed by atoms with Gasteiger partial charge >= 0.3 is 0 Å². The van der Waals surface area contributed by atoms with Crippen LogP contribution in [-0.4, -0.2) is 31.2 Å². The fraction of sp³-hybridized carbons (Fsp3) is 0.409. The number of aromatic nitrogens is 1. The van der Waals surface area contributed by atoms with Crippen molar-refractivity contribution in [1.82, 2.24) is 10.3 Å². The summed E-state index contributed by atoms with van der Waals surface area (Å²) in [6.07, 6.45) is 3.79. The molecule has 2 heterocycles. The van der Waals surface area contributed by atoms with Gasteiger partial charge in [0.2, 0.25) is 0 Å². The summed E-state index contributed by atoms with van der Waals surface area (Å²) in [5, 5.41) is 4.94. The van der Waals surface area contributed by atoms with E-state index in [4.69, 9.17) is 4.98 Å². The van der Waals surface area contributed by atoms with E-state index in [-0.39, 0.29) is 0 Å². The maximum atomic E-state index is 4.82. The van der Waals surface area contributed by atoms with Crippen LogP contribution in [0.2, 0.25) is 0 Å². The fourth-order valence-electron chi connectivity index (χ4n) is 4.33. The topological polar surface area (TPSA) is 28.2 Å². The first kappa shape index (κ1) is 16.3. The van der Waals surface area contributed by atoms with Crippen LogP contribution in [-0.2, 0) is 6.42 Å². The summed E-state index contributed by atoms with van der Waals surface area (Å²) in [5.41, 5.74) is 4.24. The number of piperidine rings is 1. The summed E-state index contributed by atoms with van der Waals surface area (Å²) in [5.74, 6) is 1.53. The number of fused-ring (bicyclic) bond motifs is 2. The standard InChI is InChI=1S/C22H25N3S/c1-2-6-19-17(5-1)13-18(19)15-23-14-16-9-11-25(12-10-16)22-24-20-7-3-4-8-21(20)26-22/h1-8,16,18,23H,9-15H2. The molecule has 1 N–H and O–H groups in total. The highest BCUT2D eigenvalue weighted by atomic mass is 32.1. The molecule has 1 atom stereocenters. The molecule has 1 fully saturated rings. The molecular weight excluding hydrogens is 338 g/mol. The molecule has 1 aliphatic carbocycles. The van der Waals surface area contributed by atoms with Crippen LogP contribution in [0.3, 0.4) is 0 Å². The summed E-state index contributed by atoms with van der Waals surface area (Å²) < 4.78 is 1.30. The third kappa shape index (κ3) is 3.12. The Kier molecular flexibility index (Phi) is 4.39. The molecule has 0 bridgehead atoms. The molecule has 3 aromatic rings. The van der Waals surface area contributed by atoms with Crippen molar-refractivity contribution in [2.45, 2.75) is 25.2 Å². The third-order valence-electron chi connectivity index (χ3n) is 5.95. The molecule has 3 nitrogen and oxygen atoms in total. The number of nitrogens with zero attached hydrogens (tertiary/aromatic N) is 2. The molecule has 2 aromatic carbocycles. The SMILES string of the molecule is c1ccc2c(c1)CC2CNCC1CCN(c2nc3ccccc3s2)CC1. The Bertz CT molecular complexity index is 862. The monoisotopic (exact) mass is 363 g/mol. The summed E-state index contributed by atoms with van der Waals surface area (Å²) in [7, 11) is 0. The first-order valence-electron chi connectivity index (χ1n) is 9.76. The minimum Gasteiger partial charge on any atom is -0.348 e. The normalized spacial score (nSPS) is 20.2. The van der Waals surface area contributed by atoms with Gasteiger partial charge in [0.15, 0.2) is 5.13 Å². The van der Waals surface area contributed by atoms with E-state index in [9.17, 15) is 0 Å². The van der Waals surface area contributed by atoms with E-state index in [1.807, 2.05) is 11.3 Å². The van der Waals surface area contributed by atoms with Crippen molar-refractivity contribution in [3.8, 4) is 0 Å². The molecule has 26 heavy (non-hydrogen) atoms. The lowest BCUT2D eigenvalue weighted by atomic mass is 9.77. The van der Waals surface area contributed by atoms with Gasteiger partial charge in [0.25, 0.3) is 0 Å². The molecule has 1 aliphatic heterocycles. The highest BCUT2D eigenvalue weighted by Gasteiger charge is 2.26. The van der Waals surface area contributed by atoms with E-state index in [1.165, 1.54) is 29.1 Å². The molecular formula is C22H25N3S. The van der Waals surface area contributed by atoms with Gasteiger partial charge in [-0.25, -0.2) is 4.98 Å². The number of thiazole rings is 1. The zero-order valence-corrected chi connectivity index (χ0v) is 15.8. The molecule has 134 valence electrons. The zero-order valence-electron chi connectivity index (χ0n) is 15.0. The van der Waals surface area contributed by atoms with Crippen molar-refractivity contribution in [3.63, 3.8) is 0 Å². The molecule has 0 spiro atoms. The van der Waals surface area contributed by atoms with Gasteiger partial charge in [-0.05, 0) is 55.0 Å². The number of nitrogens with one attached hydrogen (secondary N) is 1. The second-order valence-electron chi connectivity index (χ2n) is 7.65. The Hall–Kier alpha value is -1.91. The summed E-state index contributed by atoms with van der Waals surface area (Å²) in [4.78, 5) is 7.29. The molecule has 5 rings (SSSR count). The molecule has 2 aliphatic rings. The number of benzene rings is 2. The fourth-order valence-corrected chi connectivity index (χ4v) is 5.35. The minimum atomic E-state index is 0.731. The molecule has 0 radical (unpaired) electrons. The first-order chi connectivity index (χ1) is 12.9.